The summed E-state index contributed by atoms with van der Waals surface area (Å²) >= 11 is 0. The Hall–Kier alpha value is -3.41. The Balaban J connectivity index is 1.48. The number of hydrogen-bond donors (Lipinski definition) is 1. The number of nitrogens with one attached hydrogen (secondary N) is 1. The van der Waals surface area contributed by atoms with Crippen LogP contribution in [0, 0.1) is 0 Å². The van der Waals surface area contributed by atoms with Gasteiger partial charge in [0.05, 0.1) is 6.20 Å². The summed E-state index contributed by atoms with van der Waals surface area (Å²) in [4.78, 5) is 25.4. The molecule has 29 heavy (non-hydrogen) atoms. The van der Waals surface area contributed by atoms with E-state index in [0.717, 1.165) is 29.1 Å². The van der Waals surface area contributed by atoms with Gasteiger partial charge in [-0.2, -0.15) is 5.10 Å². The lowest BCUT2D eigenvalue weighted by atomic mass is 10.1. The minimum absolute atomic E-state index is 0.0137. The summed E-state index contributed by atoms with van der Waals surface area (Å²) in [5.41, 5.74) is 2.52. The third kappa shape index (κ3) is 3.78. The van der Waals surface area contributed by atoms with Crippen molar-refractivity contribution in [1.82, 2.24) is 19.7 Å². The highest BCUT2D eigenvalue weighted by molar-refractivity contribution is 6.07. The van der Waals surface area contributed by atoms with E-state index in [1.54, 1.807) is 6.20 Å². The molecule has 0 aliphatic rings. The van der Waals surface area contributed by atoms with Gasteiger partial charge in [-0.15, -0.1) is 0 Å². The number of carbonyl (C=O) groups excluding carboxylic acids is 1. The van der Waals surface area contributed by atoms with Gasteiger partial charge >= 0.3 is 0 Å². The largest absolute Gasteiger partial charge is 0.352 e. The van der Waals surface area contributed by atoms with E-state index in [1.807, 2.05) is 61.0 Å². The first kappa shape index (κ1) is 18.9. The van der Waals surface area contributed by atoms with Gasteiger partial charge in [0.15, 0.2) is 0 Å². The van der Waals surface area contributed by atoms with Crippen molar-refractivity contribution in [3.05, 3.63) is 76.7 Å². The second-order valence-electron chi connectivity index (χ2n) is 7.44. The van der Waals surface area contributed by atoms with Crippen molar-refractivity contribution in [3.8, 4) is 0 Å². The molecule has 1 N–H and O–H groups in total. The van der Waals surface area contributed by atoms with Gasteiger partial charge < -0.3 is 9.88 Å². The van der Waals surface area contributed by atoms with Crippen LogP contribution in [-0.4, -0.2) is 26.3 Å². The van der Waals surface area contributed by atoms with E-state index < -0.39 is 0 Å². The molecule has 0 aliphatic heterocycles. The van der Waals surface area contributed by atoms with Crippen molar-refractivity contribution >= 4 is 27.7 Å². The minimum Gasteiger partial charge on any atom is -0.352 e. The zero-order valence-corrected chi connectivity index (χ0v) is 16.6. The van der Waals surface area contributed by atoms with E-state index >= 15 is 0 Å². The van der Waals surface area contributed by atoms with Crippen LogP contribution in [0.5, 0.6) is 0 Å². The minimum atomic E-state index is -0.256. The van der Waals surface area contributed by atoms with Crippen molar-refractivity contribution in [1.29, 1.82) is 0 Å². The Labute approximate surface area is 168 Å². The number of fused-ring (bicyclic) bond motifs is 3. The Morgan fingerprint density at radius 2 is 1.79 bits per heavy atom. The predicted octanol–water partition coefficient (Wildman–Crippen LogP) is 3.03. The van der Waals surface area contributed by atoms with E-state index in [2.05, 4.69) is 22.5 Å². The van der Waals surface area contributed by atoms with Gasteiger partial charge in [-0.3, -0.25) is 9.59 Å². The number of amides is 1. The number of para-hydroxylation sites is 1. The molecule has 2 aromatic carbocycles. The molecule has 0 unspecified atom stereocenters. The highest BCUT2D eigenvalue weighted by atomic mass is 16.2. The first-order valence-corrected chi connectivity index (χ1v) is 9.81. The topological polar surface area (TPSA) is 68.9 Å². The standard InChI is InChI=1S/C23H24N4O2/c1-16(12-13-17-8-4-3-5-9-17)25-21(28)15-27-23(29)22-19(14-24-27)18-10-6-7-11-20(18)26(22)2/h3-11,14,16H,12-13,15H2,1-2H3,(H,25,28)/t16-/m0/s1. The van der Waals surface area contributed by atoms with Crippen LogP contribution in [-0.2, 0) is 24.8 Å². The van der Waals surface area contributed by atoms with E-state index in [9.17, 15) is 9.59 Å². The SMILES string of the molecule is C[C@@H](CCc1ccccc1)NC(=O)Cn1ncc2c3ccccc3n(C)c2c1=O. The van der Waals surface area contributed by atoms with Crippen molar-refractivity contribution in [2.75, 3.05) is 0 Å². The van der Waals surface area contributed by atoms with Crippen molar-refractivity contribution in [3.63, 3.8) is 0 Å². The second kappa shape index (κ2) is 7.91. The first-order chi connectivity index (χ1) is 14.0. The van der Waals surface area contributed by atoms with Crippen LogP contribution in [0.4, 0.5) is 0 Å². The fourth-order valence-corrected chi connectivity index (χ4v) is 3.78. The fourth-order valence-electron chi connectivity index (χ4n) is 3.78. The number of hydrogen-bond acceptors (Lipinski definition) is 3. The van der Waals surface area contributed by atoms with Crippen molar-refractivity contribution in [2.24, 2.45) is 7.05 Å². The molecule has 0 spiro atoms. The third-order valence-corrected chi connectivity index (χ3v) is 5.32. The van der Waals surface area contributed by atoms with Crippen molar-refractivity contribution < 1.29 is 4.79 Å². The Bertz CT molecular complexity index is 1220. The maximum absolute atomic E-state index is 13.0. The quantitative estimate of drug-likeness (QED) is 0.552. The van der Waals surface area contributed by atoms with Crippen LogP contribution in [0.1, 0.15) is 18.9 Å². The number of aromatic nitrogens is 3. The fraction of sp³-hybridized carbons (Fsp3) is 0.261. The molecule has 6 nitrogen and oxygen atoms in total. The monoisotopic (exact) mass is 388 g/mol. The van der Waals surface area contributed by atoms with Gasteiger partial charge in [0.25, 0.3) is 5.56 Å². The molecular formula is C23H24N4O2. The van der Waals surface area contributed by atoms with Gasteiger partial charge in [0.1, 0.15) is 12.1 Å². The Morgan fingerprint density at radius 1 is 1.07 bits per heavy atom. The highest BCUT2D eigenvalue weighted by Gasteiger charge is 2.15. The highest BCUT2D eigenvalue weighted by Crippen LogP contribution is 2.24. The molecule has 0 aliphatic carbocycles. The van der Waals surface area contributed by atoms with Gasteiger partial charge in [-0.1, -0.05) is 48.5 Å². The van der Waals surface area contributed by atoms with Gasteiger partial charge in [0, 0.05) is 29.4 Å². The van der Waals surface area contributed by atoms with Gasteiger partial charge in [-0.25, -0.2) is 4.68 Å². The van der Waals surface area contributed by atoms with E-state index in [0.29, 0.717) is 5.52 Å². The number of rotatable bonds is 6. The van der Waals surface area contributed by atoms with Gasteiger partial charge in [0.2, 0.25) is 5.91 Å². The Kier molecular flexibility index (Phi) is 5.16. The molecule has 0 bridgehead atoms. The third-order valence-electron chi connectivity index (χ3n) is 5.32. The molecule has 1 amide bonds. The smallest absolute Gasteiger partial charge is 0.291 e. The maximum atomic E-state index is 13.0. The zero-order valence-electron chi connectivity index (χ0n) is 16.6. The van der Waals surface area contributed by atoms with Crippen LogP contribution in [0.25, 0.3) is 21.8 Å². The predicted molar refractivity (Wildman–Crippen MR) is 115 cm³/mol. The summed E-state index contributed by atoms with van der Waals surface area (Å²) in [6.07, 6.45) is 3.40. The molecule has 2 aromatic heterocycles. The molecule has 0 saturated heterocycles. The second-order valence-corrected chi connectivity index (χ2v) is 7.44. The molecule has 1 atom stereocenters. The molecule has 0 fully saturated rings. The first-order valence-electron chi connectivity index (χ1n) is 9.81. The molecular weight excluding hydrogens is 364 g/mol. The van der Waals surface area contributed by atoms with E-state index in [4.69, 9.17) is 0 Å². The van der Waals surface area contributed by atoms with Crippen LogP contribution < -0.4 is 10.9 Å². The summed E-state index contributed by atoms with van der Waals surface area (Å²) < 4.78 is 3.10. The number of carbonyl (C=O) groups is 1. The number of nitrogens with zero attached hydrogens (tertiary/aromatic N) is 3. The van der Waals surface area contributed by atoms with Crippen molar-refractivity contribution in [2.45, 2.75) is 32.4 Å². The van der Waals surface area contributed by atoms with Crippen LogP contribution in [0.3, 0.4) is 0 Å². The molecule has 2 heterocycles. The van der Waals surface area contributed by atoms with Crippen LogP contribution in [0.15, 0.2) is 65.6 Å². The normalized spacial score (nSPS) is 12.3. The summed E-state index contributed by atoms with van der Waals surface area (Å²) in [5, 5.41) is 9.00. The number of benzene rings is 2. The zero-order chi connectivity index (χ0) is 20.4. The van der Waals surface area contributed by atoms with Crippen LogP contribution >= 0.6 is 0 Å². The Morgan fingerprint density at radius 3 is 2.59 bits per heavy atom. The lowest BCUT2D eigenvalue weighted by Crippen LogP contribution is -2.38. The molecule has 6 heteroatoms. The molecule has 0 radical (unpaired) electrons. The van der Waals surface area contributed by atoms with Gasteiger partial charge in [-0.05, 0) is 31.4 Å². The lowest BCUT2D eigenvalue weighted by Gasteiger charge is -2.14. The average molecular weight is 388 g/mol. The molecule has 148 valence electrons. The van der Waals surface area contributed by atoms with E-state index in [1.165, 1.54) is 10.2 Å². The molecule has 4 aromatic rings. The maximum Gasteiger partial charge on any atom is 0.291 e. The number of aryl methyl sites for hydroxylation is 2. The van der Waals surface area contributed by atoms with E-state index in [-0.39, 0.29) is 24.1 Å². The van der Waals surface area contributed by atoms with Crippen LogP contribution in [0.2, 0.25) is 0 Å². The summed E-state index contributed by atoms with van der Waals surface area (Å²) in [6.45, 7) is 1.89. The molecule has 4 rings (SSSR count). The summed E-state index contributed by atoms with van der Waals surface area (Å²) in [5.74, 6) is -0.210. The lowest BCUT2D eigenvalue weighted by molar-refractivity contribution is -0.122. The summed E-state index contributed by atoms with van der Waals surface area (Å²) in [6, 6.07) is 18.0. The molecule has 0 saturated carbocycles. The average Bonchev–Trinajstić information content (AvgIpc) is 3.02. The summed E-state index contributed by atoms with van der Waals surface area (Å²) in [7, 11) is 1.86.